The van der Waals surface area contributed by atoms with Crippen LogP contribution in [0.5, 0.6) is 5.88 Å². The quantitative estimate of drug-likeness (QED) is 0.726. The minimum atomic E-state index is -0.833. The maximum atomic E-state index is 12.9. The molecule has 0 aliphatic rings. The van der Waals surface area contributed by atoms with Crippen LogP contribution in [0.4, 0.5) is 0 Å². The van der Waals surface area contributed by atoms with Crippen molar-refractivity contribution in [3.8, 4) is 5.88 Å². The third kappa shape index (κ3) is 3.23. The highest BCUT2D eigenvalue weighted by Gasteiger charge is 2.23. The lowest BCUT2D eigenvalue weighted by Crippen LogP contribution is -2.23. The van der Waals surface area contributed by atoms with Crippen molar-refractivity contribution in [3.05, 3.63) is 80.6 Å². The third-order valence-corrected chi connectivity index (χ3v) is 4.15. The smallest absolute Gasteiger partial charge is 0.347 e. The lowest BCUT2D eigenvalue weighted by molar-refractivity contribution is 0.0520. The number of ether oxygens (including phenoxy) is 1. The zero-order valence-electron chi connectivity index (χ0n) is 13.5. The molecule has 0 bridgehead atoms. The average Bonchev–Trinajstić information content (AvgIpc) is 2.60. The molecule has 2 heterocycles. The van der Waals surface area contributed by atoms with Crippen LogP contribution in [-0.2, 0) is 11.2 Å². The van der Waals surface area contributed by atoms with Gasteiger partial charge in [-0.3, -0.25) is 9.20 Å². The van der Waals surface area contributed by atoms with Crippen LogP contribution in [0.15, 0.2) is 53.5 Å². The molecule has 0 saturated carbocycles. The molecule has 2 aromatic heterocycles. The summed E-state index contributed by atoms with van der Waals surface area (Å²) in [5.74, 6) is -1.25. The number of benzene rings is 1. The molecule has 5 nitrogen and oxygen atoms in total. The van der Waals surface area contributed by atoms with Crippen molar-refractivity contribution in [1.29, 1.82) is 0 Å². The third-order valence-electron chi connectivity index (χ3n) is 3.90. The van der Waals surface area contributed by atoms with E-state index in [1.165, 1.54) is 4.40 Å². The number of pyridine rings is 2. The summed E-state index contributed by atoms with van der Waals surface area (Å²) in [4.78, 5) is 25.1. The highest BCUT2D eigenvalue weighted by atomic mass is 35.5. The molecule has 0 unspecified atom stereocenters. The van der Waals surface area contributed by atoms with Gasteiger partial charge >= 0.3 is 5.97 Å². The zero-order chi connectivity index (χ0) is 18.0. The SMILES string of the molecule is CCOC(=O)c1c(O)n2ccccc2c(Cc2ccc(Cl)cc2)c1=O. The molecule has 3 aromatic rings. The fourth-order valence-electron chi connectivity index (χ4n) is 2.73. The second-order valence-corrected chi connectivity index (χ2v) is 5.92. The molecule has 25 heavy (non-hydrogen) atoms. The Kier molecular flexibility index (Phi) is 4.76. The van der Waals surface area contributed by atoms with Crippen LogP contribution < -0.4 is 5.43 Å². The van der Waals surface area contributed by atoms with E-state index in [9.17, 15) is 14.7 Å². The topological polar surface area (TPSA) is 68.0 Å². The number of aromatic nitrogens is 1. The molecule has 1 N–H and O–H groups in total. The van der Waals surface area contributed by atoms with Crippen LogP contribution in [0.3, 0.4) is 0 Å². The number of rotatable bonds is 4. The van der Waals surface area contributed by atoms with Gasteiger partial charge in [0.2, 0.25) is 11.3 Å². The number of carbonyl (C=O) groups is 1. The van der Waals surface area contributed by atoms with E-state index in [1.54, 1.807) is 43.5 Å². The molecule has 0 aliphatic heterocycles. The van der Waals surface area contributed by atoms with Crippen molar-refractivity contribution in [2.45, 2.75) is 13.3 Å². The number of halogens is 1. The number of carbonyl (C=O) groups excluding carboxylic acids is 1. The average molecular weight is 358 g/mol. The molecule has 0 spiro atoms. The molecular weight excluding hydrogens is 342 g/mol. The Hall–Kier alpha value is -2.79. The Morgan fingerprint density at radius 1 is 1.20 bits per heavy atom. The molecule has 0 atom stereocenters. The number of esters is 1. The van der Waals surface area contributed by atoms with Crippen molar-refractivity contribution >= 4 is 23.1 Å². The summed E-state index contributed by atoms with van der Waals surface area (Å²) in [6.07, 6.45) is 1.90. The minimum Gasteiger partial charge on any atom is -0.493 e. The first kappa shape index (κ1) is 17.0. The molecule has 0 aliphatic carbocycles. The first-order chi connectivity index (χ1) is 12.0. The van der Waals surface area contributed by atoms with Gasteiger partial charge in [-0.1, -0.05) is 29.8 Å². The van der Waals surface area contributed by atoms with Gasteiger partial charge in [-0.2, -0.15) is 0 Å². The van der Waals surface area contributed by atoms with Crippen LogP contribution in [0.2, 0.25) is 5.02 Å². The van der Waals surface area contributed by atoms with E-state index < -0.39 is 17.3 Å². The van der Waals surface area contributed by atoms with Gasteiger partial charge in [0.1, 0.15) is 0 Å². The van der Waals surface area contributed by atoms with E-state index in [-0.39, 0.29) is 12.2 Å². The normalized spacial score (nSPS) is 10.8. The number of fused-ring (bicyclic) bond motifs is 1. The van der Waals surface area contributed by atoms with Gasteiger partial charge in [-0.05, 0) is 36.8 Å². The van der Waals surface area contributed by atoms with Gasteiger partial charge in [0.25, 0.3) is 0 Å². The maximum absolute atomic E-state index is 12.9. The fraction of sp³-hybridized carbons (Fsp3) is 0.158. The van der Waals surface area contributed by atoms with Gasteiger partial charge < -0.3 is 9.84 Å². The van der Waals surface area contributed by atoms with Crippen molar-refractivity contribution < 1.29 is 14.6 Å². The van der Waals surface area contributed by atoms with Crippen LogP contribution in [-0.4, -0.2) is 22.1 Å². The molecule has 0 fully saturated rings. The predicted molar refractivity (Wildman–Crippen MR) is 95.5 cm³/mol. The maximum Gasteiger partial charge on any atom is 0.347 e. The number of nitrogens with zero attached hydrogens (tertiary/aromatic N) is 1. The van der Waals surface area contributed by atoms with Crippen LogP contribution in [0, 0.1) is 0 Å². The Balaban J connectivity index is 2.24. The first-order valence-electron chi connectivity index (χ1n) is 7.79. The summed E-state index contributed by atoms with van der Waals surface area (Å²) in [6, 6.07) is 12.3. The van der Waals surface area contributed by atoms with Crippen LogP contribution >= 0.6 is 11.6 Å². The second kappa shape index (κ2) is 6.99. The van der Waals surface area contributed by atoms with Crippen molar-refractivity contribution in [2.24, 2.45) is 0 Å². The molecule has 0 radical (unpaired) electrons. The molecule has 3 rings (SSSR count). The summed E-state index contributed by atoms with van der Waals surface area (Å²) < 4.78 is 6.35. The minimum absolute atomic E-state index is 0.113. The highest BCUT2D eigenvalue weighted by Crippen LogP contribution is 2.22. The first-order valence-corrected chi connectivity index (χ1v) is 8.17. The van der Waals surface area contributed by atoms with Crippen molar-refractivity contribution in [3.63, 3.8) is 0 Å². The van der Waals surface area contributed by atoms with Gasteiger partial charge in [0.05, 0.1) is 12.1 Å². The summed E-state index contributed by atoms with van der Waals surface area (Å²) in [6.45, 7) is 1.75. The summed E-state index contributed by atoms with van der Waals surface area (Å²) in [5, 5.41) is 11.0. The van der Waals surface area contributed by atoms with E-state index in [0.717, 1.165) is 5.56 Å². The van der Waals surface area contributed by atoms with E-state index in [4.69, 9.17) is 16.3 Å². The van der Waals surface area contributed by atoms with Crippen molar-refractivity contribution in [1.82, 2.24) is 4.40 Å². The molecular formula is C19H16ClNO4. The van der Waals surface area contributed by atoms with Crippen molar-refractivity contribution in [2.75, 3.05) is 6.61 Å². The van der Waals surface area contributed by atoms with E-state index >= 15 is 0 Å². The van der Waals surface area contributed by atoms with Gasteiger partial charge in [-0.15, -0.1) is 0 Å². The number of hydrogen-bond acceptors (Lipinski definition) is 4. The van der Waals surface area contributed by atoms with E-state index in [0.29, 0.717) is 22.5 Å². The Bertz CT molecular complexity index is 993. The molecule has 1 aromatic carbocycles. The zero-order valence-corrected chi connectivity index (χ0v) is 14.3. The van der Waals surface area contributed by atoms with Gasteiger partial charge in [-0.25, -0.2) is 4.79 Å². The molecule has 6 heteroatoms. The summed E-state index contributed by atoms with van der Waals surface area (Å²) in [5.41, 5.74) is 0.927. The standard InChI is InChI=1S/C19H16ClNO4/c1-2-25-19(24)16-17(22)14(11-12-6-8-13(20)9-7-12)15-5-3-4-10-21(15)18(16)23/h3-10,23H,2,11H2,1H3. The largest absolute Gasteiger partial charge is 0.493 e. The molecule has 0 amide bonds. The monoisotopic (exact) mass is 357 g/mol. The highest BCUT2D eigenvalue weighted by molar-refractivity contribution is 6.30. The number of aromatic hydroxyl groups is 1. The summed E-state index contributed by atoms with van der Waals surface area (Å²) >= 11 is 5.90. The summed E-state index contributed by atoms with van der Waals surface area (Å²) in [7, 11) is 0. The van der Waals surface area contributed by atoms with Crippen LogP contribution in [0.25, 0.3) is 5.52 Å². The Morgan fingerprint density at radius 2 is 1.92 bits per heavy atom. The Labute approximate surface area is 149 Å². The Morgan fingerprint density at radius 3 is 2.60 bits per heavy atom. The molecule has 128 valence electrons. The second-order valence-electron chi connectivity index (χ2n) is 5.49. The van der Waals surface area contributed by atoms with Gasteiger partial charge in [0, 0.05) is 23.2 Å². The fourth-order valence-corrected chi connectivity index (χ4v) is 2.85. The lowest BCUT2D eigenvalue weighted by atomic mass is 10.0. The predicted octanol–water partition coefficient (Wildman–Crippen LogP) is 3.43. The molecule has 0 saturated heterocycles. The lowest BCUT2D eigenvalue weighted by Gasteiger charge is -2.13. The van der Waals surface area contributed by atoms with Crippen LogP contribution in [0.1, 0.15) is 28.4 Å². The number of hydrogen-bond donors (Lipinski definition) is 1. The van der Waals surface area contributed by atoms with E-state index in [2.05, 4.69) is 0 Å². The van der Waals surface area contributed by atoms with E-state index in [1.807, 2.05) is 12.1 Å². The van der Waals surface area contributed by atoms with Gasteiger partial charge in [0.15, 0.2) is 5.56 Å².